The van der Waals surface area contributed by atoms with Crippen LogP contribution in [-0.4, -0.2) is 9.66 Å². The second kappa shape index (κ2) is 3.59. The van der Waals surface area contributed by atoms with Gasteiger partial charge in [0.05, 0.1) is 11.6 Å². The molecular formula is C11H11N5. The number of imidazole rings is 1. The van der Waals surface area contributed by atoms with Crippen molar-refractivity contribution in [3.8, 4) is 17.3 Å². The Morgan fingerprint density at radius 3 is 2.38 bits per heavy atom. The van der Waals surface area contributed by atoms with Gasteiger partial charge < -0.3 is 11.6 Å². The summed E-state index contributed by atoms with van der Waals surface area (Å²) in [6.07, 6.45) is 0. The maximum absolute atomic E-state index is 8.69. The number of anilines is 1. The van der Waals surface area contributed by atoms with Crippen LogP contribution in [0.5, 0.6) is 0 Å². The number of nitriles is 1. The number of aryl methyl sites for hydroxylation is 1. The zero-order valence-corrected chi connectivity index (χ0v) is 8.81. The van der Waals surface area contributed by atoms with Gasteiger partial charge in [0.2, 0.25) is 0 Å². The predicted molar refractivity (Wildman–Crippen MR) is 61.7 cm³/mol. The van der Waals surface area contributed by atoms with Gasteiger partial charge in [-0.05, 0) is 19.1 Å². The van der Waals surface area contributed by atoms with E-state index < -0.39 is 0 Å². The Morgan fingerprint density at radius 2 is 1.94 bits per heavy atom. The van der Waals surface area contributed by atoms with Gasteiger partial charge in [0.1, 0.15) is 11.5 Å². The Balaban J connectivity index is 2.51. The second-order valence-corrected chi connectivity index (χ2v) is 3.45. The van der Waals surface area contributed by atoms with Crippen molar-refractivity contribution in [2.45, 2.75) is 6.92 Å². The third kappa shape index (κ3) is 1.46. The van der Waals surface area contributed by atoms with E-state index in [0.29, 0.717) is 22.9 Å². The van der Waals surface area contributed by atoms with E-state index in [1.807, 2.05) is 0 Å². The van der Waals surface area contributed by atoms with Gasteiger partial charge in [-0.1, -0.05) is 12.1 Å². The Bertz CT molecular complexity index is 559. The monoisotopic (exact) mass is 213 g/mol. The molecule has 0 bridgehead atoms. The van der Waals surface area contributed by atoms with E-state index in [-0.39, 0.29) is 0 Å². The summed E-state index contributed by atoms with van der Waals surface area (Å²) in [6.45, 7) is 1.78. The molecule has 16 heavy (non-hydrogen) atoms. The highest BCUT2D eigenvalue weighted by Crippen LogP contribution is 2.24. The minimum atomic E-state index is 0.419. The van der Waals surface area contributed by atoms with Gasteiger partial charge in [0.25, 0.3) is 0 Å². The van der Waals surface area contributed by atoms with Gasteiger partial charge in [0.15, 0.2) is 5.82 Å². The fraction of sp³-hybridized carbons (Fsp3) is 0.0909. The molecule has 0 saturated heterocycles. The summed E-state index contributed by atoms with van der Waals surface area (Å²) in [4.78, 5) is 4.27. The van der Waals surface area contributed by atoms with Crippen LogP contribution in [0.1, 0.15) is 11.4 Å². The summed E-state index contributed by atoms with van der Waals surface area (Å²) in [5, 5.41) is 8.69. The minimum absolute atomic E-state index is 0.419. The van der Waals surface area contributed by atoms with E-state index >= 15 is 0 Å². The van der Waals surface area contributed by atoms with Gasteiger partial charge in [0, 0.05) is 5.56 Å². The molecule has 0 fully saturated rings. The lowest BCUT2D eigenvalue weighted by Crippen LogP contribution is -2.13. The number of benzene rings is 1. The molecule has 5 heteroatoms. The molecule has 0 saturated carbocycles. The predicted octanol–water partition coefficient (Wildman–Crippen LogP) is 1.03. The Morgan fingerprint density at radius 1 is 1.31 bits per heavy atom. The van der Waals surface area contributed by atoms with Gasteiger partial charge >= 0.3 is 0 Å². The standard InChI is InChI=1S/C11H11N5/c1-7-15-10(11(13)16(7)14)9-4-2-8(6-12)3-5-9/h2-5H,13-14H2,1H3. The summed E-state index contributed by atoms with van der Waals surface area (Å²) < 4.78 is 1.34. The lowest BCUT2D eigenvalue weighted by molar-refractivity contribution is 0.937. The van der Waals surface area contributed by atoms with E-state index in [1.165, 1.54) is 4.68 Å². The summed E-state index contributed by atoms with van der Waals surface area (Å²) in [6, 6.07) is 9.10. The second-order valence-electron chi connectivity index (χ2n) is 3.45. The summed E-state index contributed by atoms with van der Waals surface area (Å²) >= 11 is 0. The van der Waals surface area contributed by atoms with Gasteiger partial charge in [-0.25, -0.2) is 9.66 Å². The van der Waals surface area contributed by atoms with E-state index in [4.69, 9.17) is 16.8 Å². The molecule has 0 unspecified atom stereocenters. The van der Waals surface area contributed by atoms with Crippen LogP contribution in [0.2, 0.25) is 0 Å². The van der Waals surface area contributed by atoms with Crippen LogP contribution in [0.3, 0.4) is 0 Å². The SMILES string of the molecule is Cc1nc(-c2ccc(C#N)cc2)c(N)n1N. The first-order valence-electron chi connectivity index (χ1n) is 4.74. The summed E-state index contributed by atoms with van der Waals surface area (Å²) in [5.41, 5.74) is 7.91. The third-order valence-electron chi connectivity index (χ3n) is 2.41. The molecule has 1 aromatic carbocycles. The molecule has 80 valence electrons. The molecule has 0 aliphatic heterocycles. The van der Waals surface area contributed by atoms with Crippen molar-refractivity contribution in [3.63, 3.8) is 0 Å². The van der Waals surface area contributed by atoms with Gasteiger partial charge in [-0.2, -0.15) is 5.26 Å². The molecule has 0 atom stereocenters. The number of hydrogen-bond donors (Lipinski definition) is 2. The third-order valence-corrected chi connectivity index (χ3v) is 2.41. The number of aromatic nitrogens is 2. The summed E-state index contributed by atoms with van der Waals surface area (Å²) in [7, 11) is 0. The molecule has 5 nitrogen and oxygen atoms in total. The highest BCUT2D eigenvalue weighted by Gasteiger charge is 2.11. The number of rotatable bonds is 1. The van der Waals surface area contributed by atoms with Crippen molar-refractivity contribution in [3.05, 3.63) is 35.7 Å². The highest BCUT2D eigenvalue weighted by molar-refractivity contribution is 5.71. The van der Waals surface area contributed by atoms with Crippen LogP contribution >= 0.6 is 0 Å². The molecule has 1 aromatic heterocycles. The maximum atomic E-state index is 8.69. The molecule has 1 heterocycles. The van der Waals surface area contributed by atoms with E-state index in [2.05, 4.69) is 11.1 Å². The molecule has 4 N–H and O–H groups in total. The lowest BCUT2D eigenvalue weighted by Gasteiger charge is -2.00. The van der Waals surface area contributed by atoms with E-state index in [1.54, 1.807) is 31.2 Å². The average Bonchev–Trinajstić information content (AvgIpc) is 2.57. The van der Waals surface area contributed by atoms with Crippen molar-refractivity contribution in [2.24, 2.45) is 0 Å². The average molecular weight is 213 g/mol. The Labute approximate surface area is 92.9 Å². The Kier molecular flexibility index (Phi) is 2.25. The van der Waals surface area contributed by atoms with Crippen molar-refractivity contribution >= 4 is 5.82 Å². The van der Waals surface area contributed by atoms with E-state index in [0.717, 1.165) is 5.56 Å². The zero-order chi connectivity index (χ0) is 11.7. The molecule has 0 spiro atoms. The first-order chi connectivity index (χ1) is 7.63. The van der Waals surface area contributed by atoms with Crippen molar-refractivity contribution in [1.29, 1.82) is 5.26 Å². The van der Waals surface area contributed by atoms with Crippen LogP contribution < -0.4 is 11.6 Å². The number of nitrogen functional groups attached to an aromatic ring is 2. The molecule has 0 amide bonds. The highest BCUT2D eigenvalue weighted by atomic mass is 15.4. The van der Waals surface area contributed by atoms with Crippen molar-refractivity contribution in [1.82, 2.24) is 9.66 Å². The van der Waals surface area contributed by atoms with Crippen LogP contribution in [0.15, 0.2) is 24.3 Å². The summed E-state index contributed by atoms with van der Waals surface area (Å²) in [5.74, 6) is 6.74. The minimum Gasteiger partial charge on any atom is -0.382 e. The van der Waals surface area contributed by atoms with Crippen molar-refractivity contribution in [2.75, 3.05) is 11.6 Å². The van der Waals surface area contributed by atoms with Gasteiger partial charge in [-0.15, -0.1) is 0 Å². The smallest absolute Gasteiger partial charge is 0.150 e. The van der Waals surface area contributed by atoms with Crippen molar-refractivity contribution < 1.29 is 0 Å². The zero-order valence-electron chi connectivity index (χ0n) is 8.81. The number of hydrogen-bond acceptors (Lipinski definition) is 4. The molecule has 0 aliphatic rings. The number of nitrogens with zero attached hydrogens (tertiary/aromatic N) is 3. The normalized spacial score (nSPS) is 10.0. The fourth-order valence-corrected chi connectivity index (χ4v) is 1.48. The van der Waals surface area contributed by atoms with Crippen LogP contribution in [0.4, 0.5) is 5.82 Å². The van der Waals surface area contributed by atoms with Crippen LogP contribution in [0.25, 0.3) is 11.3 Å². The molecular weight excluding hydrogens is 202 g/mol. The first-order valence-corrected chi connectivity index (χ1v) is 4.74. The topological polar surface area (TPSA) is 93.6 Å². The lowest BCUT2D eigenvalue weighted by atomic mass is 10.1. The van der Waals surface area contributed by atoms with Crippen LogP contribution in [0, 0.1) is 18.3 Å². The maximum Gasteiger partial charge on any atom is 0.150 e. The molecule has 2 rings (SSSR count). The molecule has 0 aliphatic carbocycles. The quantitative estimate of drug-likeness (QED) is 0.691. The number of nitrogens with two attached hydrogens (primary N) is 2. The first kappa shape index (κ1) is 10.1. The van der Waals surface area contributed by atoms with E-state index in [9.17, 15) is 0 Å². The largest absolute Gasteiger partial charge is 0.382 e. The van der Waals surface area contributed by atoms with Gasteiger partial charge in [-0.3, -0.25) is 0 Å². The molecule has 0 radical (unpaired) electrons. The van der Waals surface area contributed by atoms with Crippen LogP contribution in [-0.2, 0) is 0 Å². The molecule has 2 aromatic rings. The Hall–Kier alpha value is -2.48. The fourth-order valence-electron chi connectivity index (χ4n) is 1.48.